The molecule has 1 aliphatic heterocycles. The lowest BCUT2D eigenvalue weighted by atomic mass is 10.0. The van der Waals surface area contributed by atoms with Gasteiger partial charge < -0.3 is 4.74 Å². The zero-order chi connectivity index (χ0) is 21.5. The second-order valence-electron chi connectivity index (χ2n) is 7.22. The van der Waals surface area contributed by atoms with E-state index in [1.807, 2.05) is 49.4 Å². The van der Waals surface area contributed by atoms with Crippen molar-refractivity contribution in [1.82, 2.24) is 14.6 Å². The van der Waals surface area contributed by atoms with Crippen LogP contribution < -0.4 is 20.4 Å². The molecule has 2 aromatic carbocycles. The van der Waals surface area contributed by atoms with Crippen molar-refractivity contribution in [3.05, 3.63) is 101 Å². The summed E-state index contributed by atoms with van der Waals surface area (Å²) >= 11 is 7.05. The molecule has 0 fully saturated rings. The Morgan fingerprint density at radius 1 is 1.16 bits per heavy atom. The van der Waals surface area contributed by atoms with E-state index < -0.39 is 5.56 Å². The number of fused-ring (bicyclic) bond motifs is 2. The van der Waals surface area contributed by atoms with Crippen LogP contribution in [0.2, 0.25) is 5.02 Å². The second kappa shape index (κ2) is 7.76. The maximum Gasteiger partial charge on any atom is 0.296 e. The quantitative estimate of drug-likeness (QED) is 0.480. The van der Waals surface area contributed by atoms with Crippen LogP contribution in [0.1, 0.15) is 23.7 Å². The van der Waals surface area contributed by atoms with Gasteiger partial charge in [-0.25, -0.2) is 0 Å². The molecule has 3 heterocycles. The maximum atomic E-state index is 13.0. The van der Waals surface area contributed by atoms with Gasteiger partial charge in [-0.15, -0.1) is 0 Å². The summed E-state index contributed by atoms with van der Waals surface area (Å²) in [6.07, 6.45) is 3.85. The molecule has 0 radical (unpaired) electrons. The van der Waals surface area contributed by atoms with E-state index in [1.54, 1.807) is 18.2 Å². The molecular weight excluding hydrogens is 434 g/mol. The Labute approximate surface area is 185 Å². The summed E-state index contributed by atoms with van der Waals surface area (Å²) in [5, 5.41) is 4.91. The van der Waals surface area contributed by atoms with E-state index in [1.165, 1.54) is 4.52 Å². The molecule has 8 heteroatoms. The summed E-state index contributed by atoms with van der Waals surface area (Å²) in [4.78, 5) is 29.8. The molecule has 0 unspecified atom stereocenters. The Hall–Kier alpha value is -3.29. The zero-order valence-corrected chi connectivity index (χ0v) is 18.0. The van der Waals surface area contributed by atoms with E-state index in [-0.39, 0.29) is 28.7 Å². The van der Waals surface area contributed by atoms with Crippen molar-refractivity contribution >= 4 is 40.1 Å². The van der Waals surface area contributed by atoms with Crippen LogP contribution in [-0.4, -0.2) is 20.7 Å². The van der Waals surface area contributed by atoms with E-state index in [2.05, 4.69) is 10.1 Å². The minimum absolute atomic E-state index is 0.207. The van der Waals surface area contributed by atoms with E-state index >= 15 is 0 Å². The van der Waals surface area contributed by atoms with Crippen LogP contribution in [0.3, 0.4) is 0 Å². The van der Waals surface area contributed by atoms with Crippen LogP contribution in [0.25, 0.3) is 17.1 Å². The smallest absolute Gasteiger partial charge is 0.296 e. The molecule has 0 aliphatic carbocycles. The van der Waals surface area contributed by atoms with E-state index in [0.29, 0.717) is 9.55 Å². The average Bonchev–Trinajstić information content (AvgIpc) is 3.05. The number of ether oxygens (including phenoxy) is 1. The van der Waals surface area contributed by atoms with E-state index in [4.69, 9.17) is 16.3 Å². The molecule has 0 N–H and O–H groups in total. The molecule has 1 aliphatic rings. The van der Waals surface area contributed by atoms with Gasteiger partial charge in [-0.1, -0.05) is 53.3 Å². The zero-order valence-electron chi connectivity index (χ0n) is 16.4. The fourth-order valence-electron chi connectivity index (χ4n) is 3.42. The van der Waals surface area contributed by atoms with E-state index in [0.717, 1.165) is 33.8 Å². The molecule has 0 spiro atoms. The molecule has 4 aromatic rings. The summed E-state index contributed by atoms with van der Waals surface area (Å²) in [5.41, 5.74) is 2.15. The minimum atomic E-state index is -0.440. The highest BCUT2D eigenvalue weighted by molar-refractivity contribution is 7.15. The second-order valence-corrected chi connectivity index (χ2v) is 8.66. The Bertz CT molecular complexity index is 1510. The third-order valence-electron chi connectivity index (χ3n) is 5.05. The van der Waals surface area contributed by atoms with Gasteiger partial charge >= 0.3 is 0 Å². The van der Waals surface area contributed by atoms with Gasteiger partial charge in [0, 0.05) is 17.0 Å². The lowest BCUT2D eigenvalue weighted by Gasteiger charge is -2.22. The molecule has 0 bridgehead atoms. The normalized spacial score (nSPS) is 16.1. The van der Waals surface area contributed by atoms with Gasteiger partial charge in [0.25, 0.3) is 11.1 Å². The number of benzene rings is 2. The topological polar surface area (TPSA) is 73.6 Å². The number of thiazole rings is 1. The van der Waals surface area contributed by atoms with Crippen molar-refractivity contribution in [1.29, 1.82) is 0 Å². The third-order valence-corrected chi connectivity index (χ3v) is 6.26. The van der Waals surface area contributed by atoms with Gasteiger partial charge in [0.1, 0.15) is 17.5 Å². The summed E-state index contributed by atoms with van der Waals surface area (Å²) in [5.74, 6) is 0.811. The van der Waals surface area contributed by atoms with Gasteiger partial charge in [0.15, 0.2) is 0 Å². The standard InChI is InChI=1S/C23H16ClN3O3S/c1-13-16(11-15-4-2-3-5-19(15)30-13)12-20-22(29)27-23(31-20)25-21(28)18(26-27)10-14-6-8-17(24)9-7-14/h2-9,11-13H,10H2,1H3/b20-12-/t13-/m1/s1. The van der Waals surface area contributed by atoms with Crippen molar-refractivity contribution in [2.45, 2.75) is 19.4 Å². The molecule has 31 heavy (non-hydrogen) atoms. The first-order valence-electron chi connectivity index (χ1n) is 9.64. The molecule has 0 amide bonds. The fraction of sp³-hybridized carbons (Fsp3) is 0.130. The Morgan fingerprint density at radius 2 is 1.94 bits per heavy atom. The molecule has 2 aromatic heterocycles. The van der Waals surface area contributed by atoms with Gasteiger partial charge in [-0.05, 0) is 48.4 Å². The molecule has 154 valence electrons. The number of rotatable bonds is 3. The predicted octanol–water partition coefficient (Wildman–Crippen LogP) is 3.12. The fourth-order valence-corrected chi connectivity index (χ4v) is 4.45. The summed E-state index contributed by atoms with van der Waals surface area (Å²) < 4.78 is 7.60. The lowest BCUT2D eigenvalue weighted by molar-refractivity contribution is 0.259. The number of aromatic nitrogens is 3. The van der Waals surface area contributed by atoms with Crippen molar-refractivity contribution < 1.29 is 4.74 Å². The number of hydrogen-bond donors (Lipinski definition) is 0. The number of nitrogens with zero attached hydrogens (tertiary/aromatic N) is 3. The Kier molecular flexibility index (Phi) is 4.92. The van der Waals surface area contributed by atoms with Gasteiger partial charge in [0.05, 0.1) is 4.53 Å². The van der Waals surface area contributed by atoms with Crippen LogP contribution in [-0.2, 0) is 6.42 Å². The first-order valence-corrected chi connectivity index (χ1v) is 10.8. The van der Waals surface area contributed by atoms with Gasteiger partial charge in [0.2, 0.25) is 4.96 Å². The summed E-state index contributed by atoms with van der Waals surface area (Å²) in [6.45, 7) is 1.93. The molecule has 1 atom stereocenters. The van der Waals surface area contributed by atoms with Crippen LogP contribution in [0.15, 0.2) is 63.7 Å². The first-order chi connectivity index (χ1) is 15.0. The molecule has 0 saturated carbocycles. The van der Waals surface area contributed by atoms with Crippen LogP contribution in [0.4, 0.5) is 0 Å². The monoisotopic (exact) mass is 449 g/mol. The van der Waals surface area contributed by atoms with Crippen molar-refractivity contribution in [2.24, 2.45) is 0 Å². The minimum Gasteiger partial charge on any atom is -0.485 e. The predicted molar refractivity (Wildman–Crippen MR) is 122 cm³/mol. The first kappa shape index (κ1) is 19.7. The summed E-state index contributed by atoms with van der Waals surface area (Å²) in [6, 6.07) is 14.9. The van der Waals surface area contributed by atoms with Crippen LogP contribution in [0, 0.1) is 0 Å². The molecule has 0 saturated heterocycles. The van der Waals surface area contributed by atoms with Crippen LogP contribution in [0.5, 0.6) is 5.75 Å². The van der Waals surface area contributed by atoms with Crippen molar-refractivity contribution in [2.75, 3.05) is 0 Å². The number of hydrogen-bond acceptors (Lipinski definition) is 6. The van der Waals surface area contributed by atoms with Crippen molar-refractivity contribution in [3.63, 3.8) is 0 Å². The van der Waals surface area contributed by atoms with E-state index in [9.17, 15) is 9.59 Å². The van der Waals surface area contributed by atoms with Crippen molar-refractivity contribution in [3.8, 4) is 5.75 Å². The lowest BCUT2D eigenvalue weighted by Crippen LogP contribution is -2.29. The molecular formula is C23H16ClN3O3S. The highest BCUT2D eigenvalue weighted by atomic mass is 35.5. The van der Waals surface area contributed by atoms with Gasteiger partial charge in [-0.3, -0.25) is 9.59 Å². The SMILES string of the molecule is C[C@H]1Oc2ccccc2C=C1/C=c1\sc2nc(=O)c(Cc3ccc(Cl)cc3)nn2c1=O. The van der Waals surface area contributed by atoms with Gasteiger partial charge in [-0.2, -0.15) is 14.6 Å². The summed E-state index contributed by atoms with van der Waals surface area (Å²) in [7, 11) is 0. The number of halogens is 1. The van der Waals surface area contributed by atoms with Crippen LogP contribution >= 0.6 is 22.9 Å². The maximum absolute atomic E-state index is 13.0. The Balaban J connectivity index is 1.58. The highest BCUT2D eigenvalue weighted by Crippen LogP contribution is 2.29. The molecule has 6 nitrogen and oxygen atoms in total. The number of para-hydroxylation sites is 1. The third kappa shape index (κ3) is 3.78. The highest BCUT2D eigenvalue weighted by Gasteiger charge is 2.18. The Morgan fingerprint density at radius 3 is 2.74 bits per heavy atom. The average molecular weight is 450 g/mol. The molecule has 5 rings (SSSR count). The largest absolute Gasteiger partial charge is 0.485 e.